The minimum atomic E-state index is 0.178. The molecule has 4 nitrogen and oxygen atoms in total. The van der Waals surface area contributed by atoms with Crippen molar-refractivity contribution in [1.29, 1.82) is 0 Å². The Kier molecular flexibility index (Phi) is 4.07. The van der Waals surface area contributed by atoms with Gasteiger partial charge in [0.1, 0.15) is 0 Å². The van der Waals surface area contributed by atoms with Gasteiger partial charge in [0.25, 0.3) is 0 Å². The van der Waals surface area contributed by atoms with E-state index in [0.29, 0.717) is 0 Å². The molecule has 2 rings (SSSR count). The number of benzene rings is 1. The van der Waals surface area contributed by atoms with Gasteiger partial charge in [0.2, 0.25) is 0 Å². The van der Waals surface area contributed by atoms with Crippen LogP contribution in [0.4, 0.5) is 5.69 Å². The maximum Gasteiger partial charge on any atom is 0.172 e. The number of nitrogens with two attached hydrogens (primary N) is 1. The van der Waals surface area contributed by atoms with Crippen molar-refractivity contribution in [3.63, 3.8) is 0 Å². The van der Waals surface area contributed by atoms with Crippen molar-refractivity contribution >= 4 is 11.5 Å². The normalized spacial score (nSPS) is 16.4. The molecule has 0 heterocycles. The summed E-state index contributed by atoms with van der Waals surface area (Å²) in [6.45, 7) is 4.14. The highest BCUT2D eigenvalue weighted by Gasteiger charge is 2.21. The third-order valence-electron chi connectivity index (χ3n) is 3.71. The highest BCUT2D eigenvalue weighted by molar-refractivity contribution is 6.02. The first-order chi connectivity index (χ1) is 8.76. The third-order valence-corrected chi connectivity index (χ3v) is 3.71. The minimum Gasteiger partial charge on any atom is -0.409 e. The van der Waals surface area contributed by atoms with Crippen LogP contribution in [0.3, 0.4) is 0 Å². The summed E-state index contributed by atoms with van der Waals surface area (Å²) in [5, 5.41) is 12.0. The number of oxime groups is 1. The summed E-state index contributed by atoms with van der Waals surface area (Å²) in [4.78, 5) is 2.32. The monoisotopic (exact) mass is 247 g/mol. The fourth-order valence-corrected chi connectivity index (χ4v) is 2.40. The average molecular weight is 247 g/mol. The van der Waals surface area contributed by atoms with Crippen LogP contribution in [0.25, 0.3) is 0 Å². The molecule has 0 amide bonds. The first-order valence-electron chi connectivity index (χ1n) is 6.58. The fraction of sp³-hybridized carbons (Fsp3) is 0.500. The van der Waals surface area contributed by atoms with Gasteiger partial charge in [-0.1, -0.05) is 23.7 Å². The van der Waals surface area contributed by atoms with Crippen LogP contribution in [0.5, 0.6) is 0 Å². The van der Waals surface area contributed by atoms with Gasteiger partial charge in [-0.25, -0.2) is 0 Å². The summed E-state index contributed by atoms with van der Waals surface area (Å²) in [5.41, 5.74) is 7.60. The van der Waals surface area contributed by atoms with Gasteiger partial charge in [-0.15, -0.1) is 0 Å². The van der Waals surface area contributed by atoms with Gasteiger partial charge >= 0.3 is 0 Å². The van der Waals surface area contributed by atoms with E-state index in [-0.39, 0.29) is 5.84 Å². The minimum absolute atomic E-state index is 0.178. The van der Waals surface area contributed by atoms with Gasteiger partial charge in [0.05, 0.1) is 0 Å². The Bertz CT molecular complexity index is 427. The lowest BCUT2D eigenvalue weighted by Gasteiger charge is -2.34. The molecule has 98 valence electrons. The predicted octanol–water partition coefficient (Wildman–Crippen LogP) is 2.41. The molecule has 1 fully saturated rings. The fourth-order valence-electron chi connectivity index (χ4n) is 2.40. The summed E-state index contributed by atoms with van der Waals surface area (Å²) < 4.78 is 0. The zero-order valence-electron chi connectivity index (χ0n) is 10.8. The van der Waals surface area contributed by atoms with Crippen molar-refractivity contribution in [3.05, 3.63) is 29.8 Å². The molecule has 1 aliphatic carbocycles. The van der Waals surface area contributed by atoms with Gasteiger partial charge in [0, 0.05) is 24.3 Å². The molecule has 0 aromatic heterocycles. The van der Waals surface area contributed by atoms with Crippen LogP contribution in [-0.4, -0.2) is 24.1 Å². The van der Waals surface area contributed by atoms with Crippen LogP contribution in [0.15, 0.2) is 29.4 Å². The molecule has 1 aliphatic rings. The van der Waals surface area contributed by atoms with Gasteiger partial charge in [0.15, 0.2) is 5.84 Å². The van der Waals surface area contributed by atoms with E-state index in [1.807, 2.05) is 24.3 Å². The number of hydrogen-bond donors (Lipinski definition) is 2. The second-order valence-electron chi connectivity index (χ2n) is 4.84. The van der Waals surface area contributed by atoms with Crippen LogP contribution >= 0.6 is 0 Å². The lowest BCUT2D eigenvalue weighted by molar-refractivity contribution is 0.317. The second-order valence-corrected chi connectivity index (χ2v) is 4.84. The summed E-state index contributed by atoms with van der Waals surface area (Å²) in [7, 11) is 0. The first-order valence-corrected chi connectivity index (χ1v) is 6.58. The number of rotatable bonds is 5. The molecule has 0 aliphatic heterocycles. The lowest BCUT2D eigenvalue weighted by Crippen LogP contribution is -2.34. The summed E-state index contributed by atoms with van der Waals surface area (Å²) in [6.07, 6.45) is 3.99. The van der Waals surface area contributed by atoms with Crippen molar-refractivity contribution in [2.75, 3.05) is 18.0 Å². The topological polar surface area (TPSA) is 61.8 Å². The maximum absolute atomic E-state index is 8.85. The zero-order valence-corrected chi connectivity index (χ0v) is 10.8. The molecular formula is C14H21N3O. The molecule has 3 N–H and O–H groups in total. The molecule has 1 aromatic rings. The highest BCUT2D eigenvalue weighted by Crippen LogP contribution is 2.30. The molecule has 0 unspecified atom stereocenters. The number of para-hydroxylation sites is 1. The molecule has 4 heteroatoms. The van der Waals surface area contributed by atoms with E-state index in [2.05, 4.69) is 17.0 Å². The van der Waals surface area contributed by atoms with Gasteiger partial charge < -0.3 is 15.8 Å². The molecule has 0 atom stereocenters. The average Bonchev–Trinajstić information content (AvgIpc) is 2.37. The Balaban J connectivity index is 2.23. The zero-order chi connectivity index (χ0) is 13.0. The SMILES string of the molecule is CCN(CC1CCC1)c1ccccc1/C(N)=N/O. The van der Waals surface area contributed by atoms with E-state index in [0.717, 1.165) is 30.3 Å². The van der Waals surface area contributed by atoms with E-state index >= 15 is 0 Å². The number of amidine groups is 1. The van der Waals surface area contributed by atoms with Gasteiger partial charge in [-0.2, -0.15) is 0 Å². The quantitative estimate of drug-likeness (QED) is 0.363. The molecule has 0 spiro atoms. The summed E-state index contributed by atoms with van der Waals surface area (Å²) in [6, 6.07) is 7.84. The summed E-state index contributed by atoms with van der Waals surface area (Å²) in [5.74, 6) is 0.975. The van der Waals surface area contributed by atoms with Crippen LogP contribution in [0.2, 0.25) is 0 Å². The van der Waals surface area contributed by atoms with E-state index in [9.17, 15) is 0 Å². The Morgan fingerprint density at radius 3 is 2.72 bits per heavy atom. The molecule has 0 bridgehead atoms. The molecule has 1 saturated carbocycles. The number of anilines is 1. The van der Waals surface area contributed by atoms with Crippen molar-refractivity contribution in [2.45, 2.75) is 26.2 Å². The van der Waals surface area contributed by atoms with Crippen molar-refractivity contribution in [3.8, 4) is 0 Å². The Morgan fingerprint density at radius 2 is 2.17 bits per heavy atom. The second kappa shape index (κ2) is 5.76. The van der Waals surface area contributed by atoms with Crippen LogP contribution in [-0.2, 0) is 0 Å². The first kappa shape index (κ1) is 12.7. The van der Waals surface area contributed by atoms with Crippen molar-refractivity contribution in [1.82, 2.24) is 0 Å². The lowest BCUT2D eigenvalue weighted by atomic mass is 9.85. The predicted molar refractivity (Wildman–Crippen MR) is 74.2 cm³/mol. The van der Waals surface area contributed by atoms with Gasteiger partial charge in [-0.3, -0.25) is 0 Å². The van der Waals surface area contributed by atoms with E-state index in [1.54, 1.807) is 0 Å². The van der Waals surface area contributed by atoms with E-state index < -0.39 is 0 Å². The van der Waals surface area contributed by atoms with Gasteiger partial charge in [-0.05, 0) is 37.8 Å². The summed E-state index contributed by atoms with van der Waals surface area (Å²) >= 11 is 0. The van der Waals surface area contributed by atoms with Crippen LogP contribution < -0.4 is 10.6 Å². The van der Waals surface area contributed by atoms with Crippen molar-refractivity contribution in [2.24, 2.45) is 16.8 Å². The molecule has 18 heavy (non-hydrogen) atoms. The van der Waals surface area contributed by atoms with Crippen LogP contribution in [0, 0.1) is 5.92 Å². The standard InChI is InChI=1S/C14H21N3O/c1-2-17(10-11-6-5-7-11)13-9-4-3-8-12(13)14(15)16-18/h3-4,8-9,11,18H,2,5-7,10H2,1H3,(H2,15,16). The number of nitrogens with zero attached hydrogens (tertiary/aromatic N) is 2. The maximum atomic E-state index is 8.85. The molecule has 1 aromatic carbocycles. The Morgan fingerprint density at radius 1 is 1.44 bits per heavy atom. The largest absolute Gasteiger partial charge is 0.409 e. The number of hydrogen-bond acceptors (Lipinski definition) is 3. The Hall–Kier alpha value is -1.71. The Labute approximate surface area is 108 Å². The highest BCUT2D eigenvalue weighted by atomic mass is 16.4. The molecular weight excluding hydrogens is 226 g/mol. The van der Waals surface area contributed by atoms with E-state index in [1.165, 1.54) is 19.3 Å². The molecule has 0 saturated heterocycles. The smallest absolute Gasteiger partial charge is 0.172 e. The van der Waals surface area contributed by atoms with E-state index in [4.69, 9.17) is 10.9 Å². The third kappa shape index (κ3) is 2.58. The van der Waals surface area contributed by atoms with Crippen LogP contribution in [0.1, 0.15) is 31.7 Å². The molecule has 0 radical (unpaired) electrons. The van der Waals surface area contributed by atoms with Crippen molar-refractivity contribution < 1.29 is 5.21 Å².